The van der Waals surface area contributed by atoms with E-state index in [4.69, 9.17) is 0 Å². The van der Waals surface area contributed by atoms with Crippen LogP contribution in [0.2, 0.25) is 0 Å². The van der Waals surface area contributed by atoms with Gasteiger partial charge in [-0.1, -0.05) is 35.9 Å². The molecule has 2 N–H and O–H groups in total. The Kier molecular flexibility index (Phi) is 7.82. The second-order valence-electron chi connectivity index (χ2n) is 8.04. The number of benzene rings is 2. The van der Waals surface area contributed by atoms with E-state index in [1.807, 2.05) is 31.2 Å². The van der Waals surface area contributed by atoms with E-state index in [1.165, 1.54) is 6.08 Å². The Morgan fingerprint density at radius 1 is 1.12 bits per heavy atom. The third kappa shape index (κ3) is 6.51. The molecule has 0 spiro atoms. The summed E-state index contributed by atoms with van der Waals surface area (Å²) in [6.07, 6.45) is 2.97. The second-order valence-corrected chi connectivity index (χ2v) is 9.85. The Labute approximate surface area is 189 Å². The molecule has 1 heterocycles. The molecule has 1 aliphatic heterocycles. The minimum Gasteiger partial charge on any atom is -0.338 e. The molecule has 0 aromatic heterocycles. The lowest BCUT2D eigenvalue weighted by molar-refractivity contribution is -0.121. The number of piperidine rings is 1. The number of nitrogens with zero attached hydrogens (tertiary/aromatic N) is 1. The number of hydrogen-bond donors (Lipinski definition) is 2. The van der Waals surface area contributed by atoms with Gasteiger partial charge in [-0.3, -0.25) is 9.59 Å². The molecule has 32 heavy (non-hydrogen) atoms. The zero-order valence-electron chi connectivity index (χ0n) is 18.2. The predicted molar refractivity (Wildman–Crippen MR) is 126 cm³/mol. The van der Waals surface area contributed by atoms with Crippen molar-refractivity contribution in [2.24, 2.45) is 5.92 Å². The monoisotopic (exact) mass is 455 g/mol. The van der Waals surface area contributed by atoms with E-state index in [0.29, 0.717) is 29.9 Å². The first-order valence-corrected chi connectivity index (χ1v) is 12.3. The fraction of sp³-hybridized carbons (Fsp3) is 0.333. The summed E-state index contributed by atoms with van der Waals surface area (Å²) in [5.74, 6) is -0.632. The van der Waals surface area contributed by atoms with Crippen molar-refractivity contribution >= 4 is 27.5 Å². The van der Waals surface area contributed by atoms with Crippen molar-refractivity contribution in [1.82, 2.24) is 9.62 Å². The van der Waals surface area contributed by atoms with Crippen LogP contribution in [0.4, 0.5) is 5.69 Å². The summed E-state index contributed by atoms with van der Waals surface area (Å²) in [4.78, 5) is 27.3. The van der Waals surface area contributed by atoms with Crippen LogP contribution in [0, 0.1) is 12.8 Å². The van der Waals surface area contributed by atoms with Crippen LogP contribution >= 0.6 is 0 Å². The van der Waals surface area contributed by atoms with Gasteiger partial charge in [0, 0.05) is 30.9 Å². The summed E-state index contributed by atoms with van der Waals surface area (Å²) in [7, 11) is -3.44. The normalized spacial score (nSPS) is 16.4. The molecule has 1 saturated heterocycles. The van der Waals surface area contributed by atoms with E-state index in [1.54, 1.807) is 29.2 Å². The molecule has 1 aliphatic rings. The largest absolute Gasteiger partial charge is 0.338 e. The smallest absolute Gasteiger partial charge is 0.253 e. The number of sulfonamides is 1. The van der Waals surface area contributed by atoms with Gasteiger partial charge in [0.15, 0.2) is 0 Å². The maximum absolute atomic E-state index is 12.8. The minimum absolute atomic E-state index is 0.0573. The van der Waals surface area contributed by atoms with Gasteiger partial charge in [0.1, 0.15) is 0 Å². The van der Waals surface area contributed by atoms with Crippen LogP contribution in [0.1, 0.15) is 34.3 Å². The zero-order chi connectivity index (χ0) is 23.1. The highest BCUT2D eigenvalue weighted by Gasteiger charge is 2.29. The number of likely N-dealkylation sites (tertiary alicyclic amines) is 1. The Hall–Kier alpha value is -2.97. The van der Waals surface area contributed by atoms with Gasteiger partial charge in [-0.25, -0.2) is 13.1 Å². The average molecular weight is 456 g/mol. The van der Waals surface area contributed by atoms with Crippen LogP contribution in [0.3, 0.4) is 0 Å². The van der Waals surface area contributed by atoms with E-state index < -0.39 is 10.0 Å². The van der Waals surface area contributed by atoms with E-state index in [0.717, 1.165) is 18.4 Å². The molecule has 3 rings (SSSR count). The SMILES string of the molecule is C=CCNS(=O)(=O)Cc1ccc(NC(=O)C2CCCN(C(=O)c3ccc(C)cc3)C2)cc1. The molecule has 170 valence electrons. The first-order valence-electron chi connectivity index (χ1n) is 10.6. The molecular weight excluding hydrogens is 426 g/mol. The highest BCUT2D eigenvalue weighted by Crippen LogP contribution is 2.21. The topological polar surface area (TPSA) is 95.6 Å². The predicted octanol–water partition coefficient (Wildman–Crippen LogP) is 3.09. The molecule has 0 aliphatic carbocycles. The molecule has 2 aromatic rings. The van der Waals surface area contributed by atoms with Crippen LogP contribution in [-0.2, 0) is 20.6 Å². The number of nitrogens with one attached hydrogen (secondary N) is 2. The summed E-state index contributed by atoms with van der Waals surface area (Å²) in [5.41, 5.74) is 2.93. The van der Waals surface area contributed by atoms with Crippen molar-refractivity contribution in [3.05, 3.63) is 77.9 Å². The first kappa shape index (κ1) is 23.7. The Morgan fingerprint density at radius 2 is 1.81 bits per heavy atom. The van der Waals surface area contributed by atoms with Crippen molar-refractivity contribution in [3.63, 3.8) is 0 Å². The minimum atomic E-state index is -3.44. The number of carbonyl (C=O) groups is 2. The molecule has 0 radical (unpaired) electrons. The fourth-order valence-corrected chi connectivity index (χ4v) is 4.74. The van der Waals surface area contributed by atoms with E-state index in [2.05, 4.69) is 16.6 Å². The number of aryl methyl sites for hydroxylation is 1. The Morgan fingerprint density at radius 3 is 2.47 bits per heavy atom. The van der Waals surface area contributed by atoms with E-state index in [-0.39, 0.29) is 30.0 Å². The van der Waals surface area contributed by atoms with Gasteiger partial charge in [-0.2, -0.15) is 0 Å². The lowest BCUT2D eigenvalue weighted by atomic mass is 9.96. The quantitative estimate of drug-likeness (QED) is 0.598. The van der Waals surface area contributed by atoms with Gasteiger partial charge < -0.3 is 10.2 Å². The third-order valence-corrected chi connectivity index (χ3v) is 6.72. The standard InChI is InChI=1S/C24H29N3O4S/c1-3-14-25-32(30,31)17-19-8-12-22(13-9-19)26-23(28)21-5-4-15-27(16-21)24(29)20-10-6-18(2)7-11-20/h3,6-13,21,25H,1,4-5,14-17H2,2H3,(H,26,28). The molecule has 1 atom stereocenters. The Bertz CT molecular complexity index is 1060. The summed E-state index contributed by atoms with van der Waals surface area (Å²) in [6, 6.07) is 14.2. The van der Waals surface area contributed by atoms with Gasteiger partial charge in [0.25, 0.3) is 5.91 Å². The number of carbonyl (C=O) groups excluding carboxylic acids is 2. The molecule has 7 nitrogen and oxygen atoms in total. The maximum atomic E-state index is 12.8. The highest BCUT2D eigenvalue weighted by molar-refractivity contribution is 7.88. The third-order valence-electron chi connectivity index (χ3n) is 5.40. The van der Waals surface area contributed by atoms with E-state index >= 15 is 0 Å². The highest BCUT2D eigenvalue weighted by atomic mass is 32.2. The van der Waals surface area contributed by atoms with Gasteiger partial charge >= 0.3 is 0 Å². The summed E-state index contributed by atoms with van der Waals surface area (Å²) < 4.78 is 26.4. The summed E-state index contributed by atoms with van der Waals surface area (Å²) in [5, 5.41) is 2.89. The van der Waals surface area contributed by atoms with Crippen molar-refractivity contribution in [1.29, 1.82) is 0 Å². The van der Waals surface area contributed by atoms with Gasteiger partial charge in [-0.05, 0) is 49.6 Å². The van der Waals surface area contributed by atoms with Crippen LogP contribution in [0.25, 0.3) is 0 Å². The Balaban J connectivity index is 1.57. The van der Waals surface area contributed by atoms with Gasteiger partial charge in [-0.15, -0.1) is 6.58 Å². The molecular formula is C24H29N3O4S. The van der Waals surface area contributed by atoms with Crippen LogP contribution < -0.4 is 10.0 Å². The molecule has 0 saturated carbocycles. The number of hydrogen-bond acceptors (Lipinski definition) is 4. The lowest BCUT2D eigenvalue weighted by Crippen LogP contribution is -2.43. The van der Waals surface area contributed by atoms with Crippen molar-refractivity contribution in [2.45, 2.75) is 25.5 Å². The van der Waals surface area contributed by atoms with Crippen molar-refractivity contribution < 1.29 is 18.0 Å². The van der Waals surface area contributed by atoms with Crippen molar-refractivity contribution in [2.75, 3.05) is 25.0 Å². The molecule has 0 bridgehead atoms. The lowest BCUT2D eigenvalue weighted by Gasteiger charge is -2.32. The molecule has 1 unspecified atom stereocenters. The van der Waals surface area contributed by atoms with E-state index in [9.17, 15) is 18.0 Å². The number of amides is 2. The van der Waals surface area contributed by atoms with Gasteiger partial charge in [0.05, 0.1) is 11.7 Å². The summed E-state index contributed by atoms with van der Waals surface area (Å²) in [6.45, 7) is 6.66. The molecule has 1 fully saturated rings. The average Bonchev–Trinajstić information content (AvgIpc) is 2.79. The zero-order valence-corrected chi connectivity index (χ0v) is 19.0. The van der Waals surface area contributed by atoms with Crippen LogP contribution in [0.5, 0.6) is 0 Å². The second kappa shape index (κ2) is 10.6. The summed E-state index contributed by atoms with van der Waals surface area (Å²) >= 11 is 0. The van der Waals surface area contributed by atoms with Crippen LogP contribution in [-0.4, -0.2) is 44.8 Å². The molecule has 8 heteroatoms. The van der Waals surface area contributed by atoms with Crippen LogP contribution in [0.15, 0.2) is 61.2 Å². The first-order chi connectivity index (χ1) is 15.3. The van der Waals surface area contributed by atoms with Crippen molar-refractivity contribution in [3.8, 4) is 0 Å². The number of rotatable bonds is 8. The molecule has 2 amide bonds. The van der Waals surface area contributed by atoms with Gasteiger partial charge in [0.2, 0.25) is 15.9 Å². The number of anilines is 1. The maximum Gasteiger partial charge on any atom is 0.253 e. The fourth-order valence-electron chi connectivity index (χ4n) is 3.64. The molecule has 2 aromatic carbocycles.